The highest BCUT2D eigenvalue weighted by Gasteiger charge is 2.13. The maximum absolute atomic E-state index is 4.60. The lowest BCUT2D eigenvalue weighted by Gasteiger charge is -2.18. The van der Waals surface area contributed by atoms with Gasteiger partial charge in [0.15, 0.2) is 0 Å². The monoisotopic (exact) mass is 317 g/mol. The molecule has 1 heterocycles. The lowest BCUT2D eigenvalue weighted by molar-refractivity contribution is 0.899. The first-order chi connectivity index (χ1) is 11.6. The molecule has 1 aromatic heterocycles. The molecule has 3 nitrogen and oxygen atoms in total. The topological polar surface area (TPSA) is 37.0 Å². The largest absolute Gasteiger partial charge is 0.382 e. The van der Waals surface area contributed by atoms with Gasteiger partial charge >= 0.3 is 0 Å². The van der Waals surface area contributed by atoms with Crippen LogP contribution in [-0.4, -0.2) is 11.0 Å². The van der Waals surface area contributed by atoms with Crippen LogP contribution in [0.25, 0.3) is 11.1 Å². The summed E-state index contributed by atoms with van der Waals surface area (Å²) in [6.45, 7) is 6.37. The Balaban J connectivity index is 2.08. The Bertz CT molecular complexity index is 810. The Morgan fingerprint density at radius 2 is 1.71 bits per heavy atom. The van der Waals surface area contributed by atoms with Crippen LogP contribution in [0.2, 0.25) is 0 Å². The number of hydrogen-bond donors (Lipinski definition) is 2. The highest BCUT2D eigenvalue weighted by Crippen LogP contribution is 2.35. The summed E-state index contributed by atoms with van der Waals surface area (Å²) in [7, 11) is 0. The summed E-state index contributed by atoms with van der Waals surface area (Å²) in [6.07, 6.45) is 1.84. The second kappa shape index (κ2) is 7.18. The molecule has 3 rings (SSSR count). The maximum Gasteiger partial charge on any atom is 0.140 e. The molecule has 3 heteroatoms. The fourth-order valence-corrected chi connectivity index (χ4v) is 2.74. The number of aryl methyl sites for hydroxylation is 1. The predicted octanol–water partition coefficient (Wildman–Crippen LogP) is 5.62. The SMILES string of the molecule is Cc1cccc(Nc2nccc(NC(C)C)c2-c2ccccc2)c1. The van der Waals surface area contributed by atoms with E-state index < -0.39 is 0 Å². The molecule has 0 saturated carbocycles. The molecule has 122 valence electrons. The first-order valence-corrected chi connectivity index (χ1v) is 8.28. The summed E-state index contributed by atoms with van der Waals surface area (Å²) in [5.41, 5.74) is 5.58. The van der Waals surface area contributed by atoms with Crippen molar-refractivity contribution < 1.29 is 0 Å². The molecule has 0 aliphatic rings. The van der Waals surface area contributed by atoms with Gasteiger partial charge in [-0.15, -0.1) is 0 Å². The molecule has 0 amide bonds. The minimum absolute atomic E-state index is 0.349. The third-order valence-corrected chi connectivity index (χ3v) is 3.74. The number of hydrogen-bond acceptors (Lipinski definition) is 3. The number of nitrogens with zero attached hydrogens (tertiary/aromatic N) is 1. The minimum atomic E-state index is 0.349. The van der Waals surface area contributed by atoms with Crippen molar-refractivity contribution in [2.75, 3.05) is 10.6 Å². The molecular weight excluding hydrogens is 294 g/mol. The molecule has 24 heavy (non-hydrogen) atoms. The standard InChI is InChI=1S/C21H23N3/c1-15(2)23-19-12-13-22-21(20(19)17-9-5-4-6-10-17)24-18-11-7-8-16(3)14-18/h4-15H,1-3H3,(H2,22,23,24). The van der Waals surface area contributed by atoms with Crippen LogP contribution in [-0.2, 0) is 0 Å². The van der Waals surface area contributed by atoms with E-state index in [1.807, 2.05) is 18.3 Å². The molecule has 0 unspecified atom stereocenters. The van der Waals surface area contributed by atoms with Crippen molar-refractivity contribution >= 4 is 17.2 Å². The lowest BCUT2D eigenvalue weighted by atomic mass is 10.0. The summed E-state index contributed by atoms with van der Waals surface area (Å²) in [5.74, 6) is 0.859. The van der Waals surface area contributed by atoms with Crippen LogP contribution in [0.4, 0.5) is 17.2 Å². The van der Waals surface area contributed by atoms with Crippen molar-refractivity contribution in [1.82, 2.24) is 4.98 Å². The van der Waals surface area contributed by atoms with Crippen molar-refractivity contribution in [3.05, 3.63) is 72.4 Å². The number of benzene rings is 2. The van der Waals surface area contributed by atoms with Crippen LogP contribution >= 0.6 is 0 Å². The molecule has 0 aliphatic carbocycles. The number of pyridine rings is 1. The van der Waals surface area contributed by atoms with Crippen molar-refractivity contribution in [2.24, 2.45) is 0 Å². The average molecular weight is 317 g/mol. The Labute approximate surface area is 143 Å². The van der Waals surface area contributed by atoms with Gasteiger partial charge in [0.1, 0.15) is 5.82 Å². The normalized spacial score (nSPS) is 10.7. The zero-order valence-corrected chi connectivity index (χ0v) is 14.4. The first-order valence-electron chi connectivity index (χ1n) is 8.28. The van der Waals surface area contributed by atoms with Gasteiger partial charge in [0.05, 0.1) is 0 Å². The molecule has 2 aromatic carbocycles. The van der Waals surface area contributed by atoms with E-state index in [-0.39, 0.29) is 0 Å². The predicted molar refractivity (Wildman–Crippen MR) is 103 cm³/mol. The molecule has 3 aromatic rings. The van der Waals surface area contributed by atoms with E-state index in [9.17, 15) is 0 Å². The van der Waals surface area contributed by atoms with Gasteiger partial charge in [-0.05, 0) is 50.1 Å². The van der Waals surface area contributed by atoms with E-state index in [4.69, 9.17) is 0 Å². The highest BCUT2D eigenvalue weighted by molar-refractivity contribution is 5.88. The summed E-state index contributed by atoms with van der Waals surface area (Å²) in [6, 6.07) is 21.1. The number of anilines is 3. The van der Waals surface area contributed by atoms with Crippen molar-refractivity contribution in [3.63, 3.8) is 0 Å². The fraction of sp³-hybridized carbons (Fsp3) is 0.190. The first kappa shape index (κ1) is 16.1. The van der Waals surface area contributed by atoms with Crippen LogP contribution in [0.5, 0.6) is 0 Å². The highest BCUT2D eigenvalue weighted by atomic mass is 15.0. The fourth-order valence-electron chi connectivity index (χ4n) is 2.74. The number of rotatable bonds is 5. The minimum Gasteiger partial charge on any atom is -0.382 e. The van der Waals surface area contributed by atoms with Gasteiger partial charge in [0.25, 0.3) is 0 Å². The zero-order chi connectivity index (χ0) is 16.9. The lowest BCUT2D eigenvalue weighted by Crippen LogP contribution is -2.11. The van der Waals surface area contributed by atoms with Gasteiger partial charge in [-0.1, -0.05) is 42.5 Å². The van der Waals surface area contributed by atoms with Crippen LogP contribution in [0.3, 0.4) is 0 Å². The molecule has 0 radical (unpaired) electrons. The second-order valence-electron chi connectivity index (χ2n) is 6.24. The molecule has 0 atom stereocenters. The second-order valence-corrected chi connectivity index (χ2v) is 6.24. The molecule has 0 spiro atoms. The van der Waals surface area contributed by atoms with Crippen molar-refractivity contribution in [1.29, 1.82) is 0 Å². The average Bonchev–Trinajstić information content (AvgIpc) is 2.55. The molecule has 2 N–H and O–H groups in total. The summed E-state index contributed by atoms with van der Waals surface area (Å²) >= 11 is 0. The van der Waals surface area contributed by atoms with Gasteiger partial charge in [0.2, 0.25) is 0 Å². The maximum atomic E-state index is 4.60. The third kappa shape index (κ3) is 3.74. The van der Waals surface area contributed by atoms with E-state index in [1.54, 1.807) is 0 Å². The summed E-state index contributed by atoms with van der Waals surface area (Å²) < 4.78 is 0. The quantitative estimate of drug-likeness (QED) is 0.641. The van der Waals surface area contributed by atoms with E-state index in [0.717, 1.165) is 28.3 Å². The molecule has 0 aliphatic heterocycles. The molecule has 0 saturated heterocycles. The van der Waals surface area contributed by atoms with Gasteiger partial charge in [-0.25, -0.2) is 4.98 Å². The van der Waals surface area contributed by atoms with Crippen LogP contribution in [0.1, 0.15) is 19.4 Å². The van der Waals surface area contributed by atoms with Gasteiger partial charge in [0, 0.05) is 29.2 Å². The van der Waals surface area contributed by atoms with Crippen molar-refractivity contribution in [2.45, 2.75) is 26.8 Å². The molecule has 0 fully saturated rings. The Morgan fingerprint density at radius 3 is 2.42 bits per heavy atom. The Kier molecular flexibility index (Phi) is 4.80. The Morgan fingerprint density at radius 1 is 0.917 bits per heavy atom. The third-order valence-electron chi connectivity index (χ3n) is 3.74. The van der Waals surface area contributed by atoms with E-state index in [0.29, 0.717) is 6.04 Å². The van der Waals surface area contributed by atoms with E-state index >= 15 is 0 Å². The zero-order valence-electron chi connectivity index (χ0n) is 14.4. The van der Waals surface area contributed by atoms with Gasteiger partial charge in [-0.2, -0.15) is 0 Å². The van der Waals surface area contributed by atoms with E-state index in [1.165, 1.54) is 5.56 Å². The van der Waals surface area contributed by atoms with Crippen molar-refractivity contribution in [3.8, 4) is 11.1 Å². The van der Waals surface area contributed by atoms with Gasteiger partial charge in [-0.3, -0.25) is 0 Å². The summed E-state index contributed by atoms with van der Waals surface area (Å²) in [5, 5.41) is 7.00. The molecule has 0 bridgehead atoms. The van der Waals surface area contributed by atoms with Gasteiger partial charge < -0.3 is 10.6 Å². The van der Waals surface area contributed by atoms with Crippen LogP contribution in [0.15, 0.2) is 66.9 Å². The Hall–Kier alpha value is -2.81. The van der Waals surface area contributed by atoms with Crippen LogP contribution < -0.4 is 10.6 Å². The number of aromatic nitrogens is 1. The number of nitrogens with one attached hydrogen (secondary N) is 2. The summed E-state index contributed by atoms with van der Waals surface area (Å²) in [4.78, 5) is 4.60. The molecular formula is C21H23N3. The smallest absolute Gasteiger partial charge is 0.140 e. The van der Waals surface area contributed by atoms with E-state index in [2.05, 4.69) is 84.9 Å². The van der Waals surface area contributed by atoms with Crippen LogP contribution in [0, 0.1) is 6.92 Å².